The molecule has 31 heavy (non-hydrogen) atoms. The highest BCUT2D eigenvalue weighted by Crippen LogP contribution is 2.39. The summed E-state index contributed by atoms with van der Waals surface area (Å²) in [4.78, 5) is 19.3. The third-order valence-corrected chi connectivity index (χ3v) is 6.28. The molecule has 1 amide bonds. The molecule has 0 spiro atoms. The summed E-state index contributed by atoms with van der Waals surface area (Å²) in [5, 5.41) is 11.8. The van der Waals surface area contributed by atoms with Gasteiger partial charge in [0.25, 0.3) is 5.91 Å². The van der Waals surface area contributed by atoms with Crippen LogP contribution in [0.25, 0.3) is 5.65 Å². The van der Waals surface area contributed by atoms with E-state index in [2.05, 4.69) is 41.1 Å². The molecule has 0 aromatic carbocycles. The fourth-order valence-electron chi connectivity index (χ4n) is 4.02. The predicted octanol–water partition coefficient (Wildman–Crippen LogP) is 3.56. The topological polar surface area (TPSA) is 88.4 Å². The molecular weight excluding hydrogens is 392 g/mol. The summed E-state index contributed by atoms with van der Waals surface area (Å²) in [6.07, 6.45) is 6.31. The highest BCUT2D eigenvalue weighted by molar-refractivity contribution is 5.92. The average molecular weight is 423 g/mol. The van der Waals surface area contributed by atoms with Crippen LogP contribution in [0.1, 0.15) is 74.2 Å². The molecule has 8 heteroatoms. The van der Waals surface area contributed by atoms with Gasteiger partial charge in [0.05, 0.1) is 18.5 Å². The van der Waals surface area contributed by atoms with E-state index in [1.165, 1.54) is 12.8 Å². The van der Waals surface area contributed by atoms with E-state index in [0.717, 1.165) is 43.0 Å². The van der Waals surface area contributed by atoms with Crippen molar-refractivity contribution in [3.05, 3.63) is 41.5 Å². The van der Waals surface area contributed by atoms with Crippen LogP contribution in [-0.2, 0) is 5.41 Å². The molecule has 1 saturated heterocycles. The Bertz CT molecular complexity index is 1080. The number of imidazole rings is 1. The highest BCUT2D eigenvalue weighted by atomic mass is 16.5. The number of rotatable bonds is 5. The molecule has 4 heterocycles. The number of amides is 1. The third-order valence-electron chi connectivity index (χ3n) is 6.28. The lowest BCUT2D eigenvalue weighted by atomic mass is 9.92. The summed E-state index contributed by atoms with van der Waals surface area (Å²) in [5.41, 5.74) is 3.43. The molecular formula is C23H30N6O2. The van der Waals surface area contributed by atoms with Crippen LogP contribution >= 0.6 is 0 Å². The standard InChI is InChI=1S/C23H30N6O2/c1-23(2,3)19-12-17(25-26-19)22(30)28-10-8-15(9-11-28)14-31-21-7-6-20-24-18(16-4-5-16)13-29(20)27-21/h6-7,12-13,15-16H,4-5,8-11,14H2,1-3H3,(H,25,26). The lowest BCUT2D eigenvalue weighted by molar-refractivity contribution is 0.0653. The van der Waals surface area contributed by atoms with Crippen LogP contribution in [0.3, 0.4) is 0 Å². The van der Waals surface area contributed by atoms with E-state index >= 15 is 0 Å². The van der Waals surface area contributed by atoms with Crippen LogP contribution in [0.2, 0.25) is 0 Å². The van der Waals surface area contributed by atoms with Crippen LogP contribution in [0.5, 0.6) is 5.88 Å². The van der Waals surface area contributed by atoms with Crippen molar-refractivity contribution in [3.63, 3.8) is 0 Å². The number of fused-ring (bicyclic) bond motifs is 1. The first-order valence-corrected chi connectivity index (χ1v) is 11.2. The lowest BCUT2D eigenvalue weighted by Gasteiger charge is -2.31. The van der Waals surface area contributed by atoms with Gasteiger partial charge in [-0.25, -0.2) is 9.50 Å². The monoisotopic (exact) mass is 422 g/mol. The van der Waals surface area contributed by atoms with Gasteiger partial charge in [-0.1, -0.05) is 20.8 Å². The zero-order valence-electron chi connectivity index (χ0n) is 18.5. The summed E-state index contributed by atoms with van der Waals surface area (Å²) >= 11 is 0. The largest absolute Gasteiger partial charge is 0.476 e. The van der Waals surface area contributed by atoms with Crippen LogP contribution < -0.4 is 4.74 Å². The second-order valence-corrected chi connectivity index (χ2v) is 9.88. The van der Waals surface area contributed by atoms with Crippen LogP contribution in [0, 0.1) is 5.92 Å². The number of aromatic nitrogens is 5. The zero-order valence-corrected chi connectivity index (χ0v) is 18.5. The summed E-state index contributed by atoms with van der Waals surface area (Å²) in [6, 6.07) is 5.73. The van der Waals surface area contributed by atoms with Crippen LogP contribution in [-0.4, -0.2) is 55.3 Å². The number of carbonyl (C=O) groups is 1. The number of likely N-dealkylation sites (tertiary alicyclic amines) is 1. The van der Waals surface area contributed by atoms with Gasteiger partial charge >= 0.3 is 0 Å². The molecule has 2 aliphatic rings. The van der Waals surface area contributed by atoms with E-state index < -0.39 is 0 Å². The summed E-state index contributed by atoms with van der Waals surface area (Å²) in [7, 11) is 0. The van der Waals surface area contributed by atoms with Gasteiger partial charge in [-0.15, -0.1) is 5.10 Å². The fraction of sp³-hybridized carbons (Fsp3) is 0.565. The maximum atomic E-state index is 12.8. The molecule has 2 fully saturated rings. The molecule has 1 aliphatic carbocycles. The molecule has 0 atom stereocenters. The predicted molar refractivity (Wildman–Crippen MR) is 116 cm³/mol. The molecule has 1 N–H and O–H groups in total. The first kappa shape index (κ1) is 20.0. The molecule has 1 saturated carbocycles. The van der Waals surface area contributed by atoms with Crippen molar-refractivity contribution in [2.24, 2.45) is 5.92 Å². The Kier molecular flexibility index (Phi) is 4.95. The number of hydrogen-bond acceptors (Lipinski definition) is 5. The summed E-state index contributed by atoms with van der Waals surface area (Å²) in [5.74, 6) is 1.65. The number of aromatic amines is 1. The van der Waals surface area contributed by atoms with Gasteiger partial charge in [-0.2, -0.15) is 5.10 Å². The number of nitrogens with zero attached hydrogens (tertiary/aromatic N) is 5. The van der Waals surface area contributed by atoms with Crippen molar-refractivity contribution in [2.75, 3.05) is 19.7 Å². The lowest BCUT2D eigenvalue weighted by Crippen LogP contribution is -2.39. The number of H-pyrrole nitrogens is 1. The van der Waals surface area contributed by atoms with E-state index in [1.54, 1.807) is 0 Å². The van der Waals surface area contributed by atoms with Crippen molar-refractivity contribution in [3.8, 4) is 5.88 Å². The zero-order chi connectivity index (χ0) is 21.6. The van der Waals surface area contributed by atoms with Gasteiger partial charge in [0.15, 0.2) is 5.65 Å². The molecule has 0 radical (unpaired) electrons. The molecule has 1 aliphatic heterocycles. The van der Waals surface area contributed by atoms with Gasteiger partial charge in [-0.05, 0) is 43.7 Å². The molecule has 164 valence electrons. The molecule has 3 aromatic rings. The van der Waals surface area contributed by atoms with E-state index in [4.69, 9.17) is 4.74 Å². The van der Waals surface area contributed by atoms with Crippen LogP contribution in [0.4, 0.5) is 0 Å². The Morgan fingerprint density at radius 2 is 1.97 bits per heavy atom. The van der Waals surface area contributed by atoms with Crippen molar-refractivity contribution >= 4 is 11.6 Å². The van der Waals surface area contributed by atoms with Gasteiger partial charge in [0.1, 0.15) is 5.69 Å². The van der Waals surface area contributed by atoms with E-state index in [0.29, 0.717) is 30.0 Å². The fourth-order valence-corrected chi connectivity index (χ4v) is 4.02. The highest BCUT2D eigenvalue weighted by Gasteiger charge is 2.28. The minimum absolute atomic E-state index is 0.00445. The minimum Gasteiger partial charge on any atom is -0.476 e. The Balaban J connectivity index is 1.13. The van der Waals surface area contributed by atoms with Crippen LogP contribution in [0.15, 0.2) is 24.4 Å². The van der Waals surface area contributed by atoms with E-state index in [-0.39, 0.29) is 11.3 Å². The number of carbonyl (C=O) groups excluding carboxylic acids is 1. The second-order valence-electron chi connectivity index (χ2n) is 9.88. The Morgan fingerprint density at radius 1 is 1.19 bits per heavy atom. The minimum atomic E-state index is -0.0525. The van der Waals surface area contributed by atoms with Crippen molar-refractivity contribution in [2.45, 2.75) is 57.8 Å². The van der Waals surface area contributed by atoms with Crippen molar-refractivity contribution < 1.29 is 9.53 Å². The first-order chi connectivity index (χ1) is 14.9. The molecule has 0 unspecified atom stereocenters. The molecule has 5 rings (SSSR count). The summed E-state index contributed by atoms with van der Waals surface area (Å²) in [6.45, 7) is 8.37. The number of piperidine rings is 1. The van der Waals surface area contributed by atoms with Crippen molar-refractivity contribution in [1.29, 1.82) is 0 Å². The smallest absolute Gasteiger partial charge is 0.274 e. The SMILES string of the molecule is CC(C)(C)c1cc(C(=O)N2CCC(COc3ccc4nc(C5CC5)cn4n3)CC2)n[nH]1. The quantitative estimate of drug-likeness (QED) is 0.679. The normalized spacial score (nSPS) is 18.0. The Labute approximate surface area is 182 Å². The molecule has 0 bridgehead atoms. The number of nitrogens with one attached hydrogen (secondary N) is 1. The molecule has 3 aromatic heterocycles. The number of ether oxygens (including phenoxy) is 1. The van der Waals surface area contributed by atoms with Gasteiger partial charge in [0.2, 0.25) is 5.88 Å². The van der Waals surface area contributed by atoms with Gasteiger partial charge in [0, 0.05) is 36.2 Å². The first-order valence-electron chi connectivity index (χ1n) is 11.2. The third kappa shape index (κ3) is 4.29. The maximum absolute atomic E-state index is 12.8. The van der Waals surface area contributed by atoms with E-state index in [1.807, 2.05) is 33.8 Å². The Hall–Kier alpha value is -2.90. The number of hydrogen-bond donors (Lipinski definition) is 1. The summed E-state index contributed by atoms with van der Waals surface area (Å²) < 4.78 is 7.80. The molecule has 8 nitrogen and oxygen atoms in total. The Morgan fingerprint density at radius 3 is 2.65 bits per heavy atom. The van der Waals surface area contributed by atoms with Gasteiger partial charge in [-0.3, -0.25) is 9.89 Å². The van der Waals surface area contributed by atoms with E-state index in [9.17, 15) is 4.79 Å². The maximum Gasteiger partial charge on any atom is 0.274 e. The average Bonchev–Trinajstić information content (AvgIpc) is 3.31. The van der Waals surface area contributed by atoms with Gasteiger partial charge < -0.3 is 9.64 Å². The second kappa shape index (κ2) is 7.66. The van der Waals surface area contributed by atoms with Crippen molar-refractivity contribution in [1.82, 2.24) is 29.7 Å².